The third-order valence-electron chi connectivity index (χ3n) is 2.63. The lowest BCUT2D eigenvalue weighted by Crippen LogP contribution is -2.06. The van der Waals surface area contributed by atoms with Gasteiger partial charge in [0.1, 0.15) is 5.75 Å². The molecule has 0 fully saturated rings. The van der Waals surface area contributed by atoms with E-state index < -0.39 is 0 Å². The molecule has 0 aliphatic carbocycles. The van der Waals surface area contributed by atoms with E-state index in [1.165, 1.54) is 24.3 Å². The fraction of sp³-hybridized carbons (Fsp3) is 0.538. The molecule has 0 heterocycles. The van der Waals surface area contributed by atoms with E-state index in [9.17, 15) is 4.91 Å². The van der Waals surface area contributed by atoms with E-state index in [4.69, 9.17) is 4.74 Å². The molecule has 0 aliphatic heterocycles. The van der Waals surface area contributed by atoms with Gasteiger partial charge in [0.05, 0.1) is 17.6 Å². The topological polar surface area (TPSA) is 41.9 Å². The quantitative estimate of drug-likeness (QED) is 0.298. The number of anilines is 1. The number of benzene rings is 1. The van der Waals surface area contributed by atoms with Gasteiger partial charge in [0.25, 0.3) is 0 Å². The summed E-state index contributed by atoms with van der Waals surface area (Å²) in [5.74, 6) is 0.832. The summed E-state index contributed by atoms with van der Waals surface area (Å²) >= 11 is 3.41. The molecular formula is C13H19BrN2O2. The van der Waals surface area contributed by atoms with Crippen LogP contribution in [0.25, 0.3) is 0 Å². The fourth-order valence-electron chi connectivity index (χ4n) is 1.55. The second kappa shape index (κ2) is 8.91. The van der Waals surface area contributed by atoms with Gasteiger partial charge in [-0.15, -0.1) is 4.91 Å². The molecule has 0 unspecified atom stereocenters. The van der Waals surface area contributed by atoms with Crippen LogP contribution in [0.5, 0.6) is 5.75 Å². The molecule has 0 bridgehead atoms. The Morgan fingerprint density at radius 1 is 1.17 bits per heavy atom. The predicted molar refractivity (Wildman–Crippen MR) is 78.4 cm³/mol. The molecule has 0 aliphatic rings. The van der Waals surface area contributed by atoms with Gasteiger partial charge in [-0.05, 0) is 37.1 Å². The Bertz CT molecular complexity index is 343. The SMILES string of the molecule is CN(N=O)c1ccc(OCCCCCCBr)cc1. The molecule has 4 nitrogen and oxygen atoms in total. The van der Waals surface area contributed by atoms with Crippen LogP contribution in [0.1, 0.15) is 25.7 Å². The van der Waals surface area contributed by atoms with Crippen molar-refractivity contribution in [1.82, 2.24) is 0 Å². The van der Waals surface area contributed by atoms with Gasteiger partial charge < -0.3 is 4.74 Å². The molecule has 100 valence electrons. The van der Waals surface area contributed by atoms with E-state index in [2.05, 4.69) is 21.2 Å². The summed E-state index contributed by atoms with van der Waals surface area (Å²) in [5, 5.41) is 5.19. The molecule has 0 amide bonds. The number of hydrogen-bond acceptors (Lipinski definition) is 3. The number of nitrogens with zero attached hydrogens (tertiary/aromatic N) is 2. The number of alkyl halides is 1. The average Bonchev–Trinajstić information content (AvgIpc) is 2.42. The first-order valence-electron chi connectivity index (χ1n) is 6.13. The largest absolute Gasteiger partial charge is 0.494 e. The summed E-state index contributed by atoms with van der Waals surface area (Å²) in [6, 6.07) is 7.36. The number of halogens is 1. The minimum atomic E-state index is 0.739. The van der Waals surface area contributed by atoms with E-state index in [1.807, 2.05) is 24.3 Å². The minimum absolute atomic E-state index is 0.739. The molecule has 0 saturated carbocycles. The van der Waals surface area contributed by atoms with Crippen molar-refractivity contribution >= 4 is 21.6 Å². The first-order valence-corrected chi connectivity index (χ1v) is 7.26. The van der Waals surface area contributed by atoms with Crippen LogP contribution in [-0.4, -0.2) is 19.0 Å². The maximum Gasteiger partial charge on any atom is 0.119 e. The van der Waals surface area contributed by atoms with Crippen molar-refractivity contribution in [3.8, 4) is 5.75 Å². The van der Waals surface area contributed by atoms with Crippen LogP contribution in [0.2, 0.25) is 0 Å². The average molecular weight is 315 g/mol. The third kappa shape index (κ3) is 5.49. The molecule has 1 aromatic rings. The number of ether oxygens (including phenoxy) is 1. The number of nitroso groups, excluding NO2 is 1. The highest BCUT2D eigenvalue weighted by Gasteiger charge is 2.00. The standard InChI is InChI=1S/C13H19BrN2O2/c1-16(15-17)12-6-8-13(9-7-12)18-11-5-3-2-4-10-14/h6-9H,2-5,10-11H2,1H3. The molecule has 0 radical (unpaired) electrons. The van der Waals surface area contributed by atoms with E-state index >= 15 is 0 Å². The first-order chi connectivity index (χ1) is 8.77. The van der Waals surface area contributed by atoms with Crippen LogP contribution in [0, 0.1) is 4.91 Å². The summed E-state index contributed by atoms with van der Waals surface area (Å²) in [6.45, 7) is 0.739. The van der Waals surface area contributed by atoms with Crippen molar-refractivity contribution in [2.75, 3.05) is 24.0 Å². The van der Waals surface area contributed by atoms with Gasteiger partial charge in [0.15, 0.2) is 0 Å². The van der Waals surface area contributed by atoms with Crippen LogP contribution in [0.4, 0.5) is 5.69 Å². The Kier molecular flexibility index (Phi) is 7.41. The molecule has 0 spiro atoms. The van der Waals surface area contributed by atoms with Crippen LogP contribution < -0.4 is 9.75 Å². The second-order valence-corrected chi connectivity index (χ2v) is 4.84. The van der Waals surface area contributed by atoms with Crippen LogP contribution in [0.3, 0.4) is 0 Å². The zero-order chi connectivity index (χ0) is 13.2. The van der Waals surface area contributed by atoms with Gasteiger partial charge in [-0.2, -0.15) is 0 Å². The molecule has 0 N–H and O–H groups in total. The van der Waals surface area contributed by atoms with Gasteiger partial charge in [0, 0.05) is 12.4 Å². The lowest BCUT2D eigenvalue weighted by molar-refractivity contribution is 0.305. The molecule has 18 heavy (non-hydrogen) atoms. The zero-order valence-electron chi connectivity index (χ0n) is 10.6. The molecule has 1 rings (SSSR count). The number of hydrogen-bond donors (Lipinski definition) is 0. The molecular weight excluding hydrogens is 296 g/mol. The summed E-state index contributed by atoms with van der Waals surface area (Å²) in [5.41, 5.74) is 0.759. The lowest BCUT2D eigenvalue weighted by atomic mass is 10.2. The molecule has 0 aromatic heterocycles. The monoisotopic (exact) mass is 314 g/mol. The van der Waals surface area contributed by atoms with Crippen molar-refractivity contribution in [3.63, 3.8) is 0 Å². The highest BCUT2D eigenvalue weighted by Crippen LogP contribution is 2.18. The Hall–Kier alpha value is -1.10. The normalized spacial score (nSPS) is 10.1. The van der Waals surface area contributed by atoms with E-state index in [0.717, 1.165) is 29.8 Å². The number of rotatable bonds is 9. The third-order valence-corrected chi connectivity index (χ3v) is 3.19. The van der Waals surface area contributed by atoms with Crippen molar-refractivity contribution in [1.29, 1.82) is 0 Å². The van der Waals surface area contributed by atoms with E-state index in [-0.39, 0.29) is 0 Å². The zero-order valence-corrected chi connectivity index (χ0v) is 12.2. The Morgan fingerprint density at radius 2 is 1.83 bits per heavy atom. The molecule has 0 saturated heterocycles. The van der Waals surface area contributed by atoms with Crippen molar-refractivity contribution < 1.29 is 4.74 Å². The van der Waals surface area contributed by atoms with Gasteiger partial charge in [-0.1, -0.05) is 28.8 Å². The predicted octanol–water partition coefficient (Wildman–Crippen LogP) is 4.14. The molecule has 0 atom stereocenters. The van der Waals surface area contributed by atoms with Gasteiger partial charge in [-0.25, -0.2) is 5.01 Å². The Balaban J connectivity index is 2.24. The molecule has 5 heteroatoms. The van der Waals surface area contributed by atoms with Crippen LogP contribution in [0.15, 0.2) is 29.6 Å². The summed E-state index contributed by atoms with van der Waals surface area (Å²) in [4.78, 5) is 10.3. The first kappa shape index (κ1) is 15.0. The van der Waals surface area contributed by atoms with E-state index in [0.29, 0.717) is 0 Å². The van der Waals surface area contributed by atoms with Gasteiger partial charge >= 0.3 is 0 Å². The van der Waals surface area contributed by atoms with Crippen molar-refractivity contribution in [2.24, 2.45) is 5.29 Å². The van der Waals surface area contributed by atoms with Crippen LogP contribution in [-0.2, 0) is 0 Å². The van der Waals surface area contributed by atoms with Crippen LogP contribution >= 0.6 is 15.9 Å². The van der Waals surface area contributed by atoms with E-state index in [1.54, 1.807) is 7.05 Å². The summed E-state index contributed by atoms with van der Waals surface area (Å²) in [6.07, 6.45) is 4.73. The van der Waals surface area contributed by atoms with Gasteiger partial charge in [0.2, 0.25) is 0 Å². The second-order valence-electron chi connectivity index (χ2n) is 4.05. The highest BCUT2D eigenvalue weighted by molar-refractivity contribution is 9.09. The van der Waals surface area contributed by atoms with Crippen molar-refractivity contribution in [3.05, 3.63) is 29.2 Å². The van der Waals surface area contributed by atoms with Crippen molar-refractivity contribution in [2.45, 2.75) is 25.7 Å². The Labute approximate surface area is 116 Å². The lowest BCUT2D eigenvalue weighted by Gasteiger charge is -2.10. The summed E-state index contributed by atoms with van der Waals surface area (Å²) < 4.78 is 5.62. The smallest absolute Gasteiger partial charge is 0.119 e. The maximum atomic E-state index is 10.3. The minimum Gasteiger partial charge on any atom is -0.494 e. The summed E-state index contributed by atoms with van der Waals surface area (Å²) in [7, 11) is 1.62. The van der Waals surface area contributed by atoms with Gasteiger partial charge in [-0.3, -0.25) is 0 Å². The molecule has 1 aromatic carbocycles. The maximum absolute atomic E-state index is 10.3. The Morgan fingerprint density at radius 3 is 2.44 bits per heavy atom. The number of unbranched alkanes of at least 4 members (excludes halogenated alkanes) is 3. The fourth-order valence-corrected chi connectivity index (χ4v) is 1.94. The highest BCUT2D eigenvalue weighted by atomic mass is 79.9.